The van der Waals surface area contributed by atoms with Gasteiger partial charge < -0.3 is 19.0 Å². The van der Waals surface area contributed by atoms with Crippen LogP contribution in [-0.2, 0) is 14.3 Å². The van der Waals surface area contributed by atoms with Crippen LogP contribution in [0.2, 0.25) is 0 Å². The maximum atomic E-state index is 12.6. The normalized spacial score (nSPS) is 22.4. The van der Waals surface area contributed by atoms with Crippen LogP contribution in [0, 0.1) is 0 Å². The van der Waals surface area contributed by atoms with Crippen molar-refractivity contribution in [1.29, 1.82) is 0 Å². The van der Waals surface area contributed by atoms with Crippen LogP contribution >= 0.6 is 11.8 Å². The van der Waals surface area contributed by atoms with Gasteiger partial charge in [-0.1, -0.05) is 0 Å². The number of anilines is 1. The predicted molar refractivity (Wildman–Crippen MR) is 100 cm³/mol. The number of hydrogen-bond donors (Lipinski definition) is 0. The van der Waals surface area contributed by atoms with Gasteiger partial charge >= 0.3 is 0 Å². The van der Waals surface area contributed by atoms with E-state index in [1.54, 1.807) is 17.0 Å². The average Bonchev–Trinajstić information content (AvgIpc) is 3.41. The highest BCUT2D eigenvalue weighted by molar-refractivity contribution is 8.18. The summed E-state index contributed by atoms with van der Waals surface area (Å²) in [6.07, 6.45) is 3.50. The first kappa shape index (κ1) is 18.1. The summed E-state index contributed by atoms with van der Waals surface area (Å²) in [5, 5.41) is -0.418. The predicted octanol–water partition coefficient (Wildman–Crippen LogP) is 1.77. The van der Waals surface area contributed by atoms with Crippen molar-refractivity contribution in [2.45, 2.75) is 12.8 Å². The lowest BCUT2D eigenvalue weighted by Gasteiger charge is -2.26. The molecule has 4 heterocycles. The minimum Gasteiger partial charge on any atom is -0.441 e. The SMILES string of the molecule is O=C(CN1C(=O)SC(=Cc2ccc(N3CCOCC3)o2)C1=O)N1CCCC1. The molecule has 0 unspecified atom stereocenters. The Kier molecular flexibility index (Phi) is 5.22. The monoisotopic (exact) mass is 391 g/mol. The molecule has 3 amide bonds. The Balaban J connectivity index is 1.43. The molecule has 144 valence electrons. The number of furan rings is 1. The highest BCUT2D eigenvalue weighted by atomic mass is 32.2. The molecule has 0 N–H and O–H groups in total. The first-order valence-corrected chi connectivity index (χ1v) is 9.89. The zero-order valence-electron chi connectivity index (χ0n) is 14.9. The molecule has 27 heavy (non-hydrogen) atoms. The topological polar surface area (TPSA) is 83.3 Å². The van der Waals surface area contributed by atoms with Gasteiger partial charge in [-0.3, -0.25) is 19.3 Å². The quantitative estimate of drug-likeness (QED) is 0.724. The van der Waals surface area contributed by atoms with E-state index in [1.165, 1.54) is 0 Å². The van der Waals surface area contributed by atoms with Gasteiger partial charge in [0.25, 0.3) is 11.1 Å². The highest BCUT2D eigenvalue weighted by Gasteiger charge is 2.37. The standard InChI is InChI=1S/C18H21N3O5S/c22-15(19-5-1-2-6-19)12-21-17(23)14(27-18(21)24)11-13-3-4-16(26-13)20-7-9-25-10-8-20/h3-4,11H,1-2,5-10,12H2. The highest BCUT2D eigenvalue weighted by Crippen LogP contribution is 2.33. The van der Waals surface area contributed by atoms with Crippen LogP contribution in [0.1, 0.15) is 18.6 Å². The van der Waals surface area contributed by atoms with E-state index in [1.807, 2.05) is 6.07 Å². The van der Waals surface area contributed by atoms with E-state index in [4.69, 9.17) is 9.15 Å². The van der Waals surface area contributed by atoms with Gasteiger partial charge in [0.2, 0.25) is 5.91 Å². The Morgan fingerprint density at radius 2 is 1.85 bits per heavy atom. The molecule has 0 aromatic carbocycles. The summed E-state index contributed by atoms with van der Waals surface area (Å²) in [6.45, 7) is 4.01. The number of thioether (sulfide) groups is 1. The van der Waals surface area contributed by atoms with E-state index in [2.05, 4.69) is 4.90 Å². The lowest BCUT2D eigenvalue weighted by atomic mass is 10.3. The molecule has 3 fully saturated rings. The molecule has 9 heteroatoms. The van der Waals surface area contributed by atoms with E-state index in [-0.39, 0.29) is 17.4 Å². The summed E-state index contributed by atoms with van der Waals surface area (Å²) in [7, 11) is 0. The minimum atomic E-state index is -0.443. The number of carbonyl (C=O) groups is 3. The summed E-state index contributed by atoms with van der Waals surface area (Å²) < 4.78 is 11.1. The fraction of sp³-hybridized carbons (Fsp3) is 0.500. The Morgan fingerprint density at radius 3 is 2.59 bits per heavy atom. The van der Waals surface area contributed by atoms with Crippen LogP contribution in [0.5, 0.6) is 0 Å². The zero-order valence-corrected chi connectivity index (χ0v) is 15.7. The Bertz CT molecular complexity index is 778. The molecule has 4 rings (SSSR count). The number of hydrogen-bond acceptors (Lipinski definition) is 7. The minimum absolute atomic E-state index is 0.177. The molecule has 3 aliphatic heterocycles. The smallest absolute Gasteiger partial charge is 0.294 e. The number of likely N-dealkylation sites (tertiary alicyclic amines) is 1. The molecule has 1 aromatic rings. The molecule has 3 saturated heterocycles. The first-order valence-electron chi connectivity index (χ1n) is 9.07. The molecule has 0 atom stereocenters. The van der Waals surface area contributed by atoms with Crippen molar-refractivity contribution in [1.82, 2.24) is 9.80 Å². The van der Waals surface area contributed by atoms with Crippen molar-refractivity contribution in [3.63, 3.8) is 0 Å². The van der Waals surface area contributed by atoms with E-state index in [9.17, 15) is 14.4 Å². The summed E-state index contributed by atoms with van der Waals surface area (Å²) in [4.78, 5) is 42.1. The summed E-state index contributed by atoms with van der Waals surface area (Å²) >= 11 is 0.840. The maximum absolute atomic E-state index is 12.6. The van der Waals surface area contributed by atoms with Crippen molar-refractivity contribution in [2.24, 2.45) is 0 Å². The number of nitrogens with zero attached hydrogens (tertiary/aromatic N) is 3. The third kappa shape index (κ3) is 3.89. The molecule has 0 spiro atoms. The molecule has 0 saturated carbocycles. The molecule has 0 aliphatic carbocycles. The van der Waals surface area contributed by atoms with Crippen molar-refractivity contribution in [3.8, 4) is 0 Å². The van der Waals surface area contributed by atoms with Crippen LogP contribution in [0.4, 0.5) is 10.7 Å². The molecule has 0 bridgehead atoms. The van der Waals surface area contributed by atoms with Crippen LogP contribution in [0.3, 0.4) is 0 Å². The molecule has 1 aromatic heterocycles. The van der Waals surface area contributed by atoms with Gasteiger partial charge in [0.1, 0.15) is 12.3 Å². The second-order valence-corrected chi connectivity index (χ2v) is 7.62. The fourth-order valence-corrected chi connectivity index (χ4v) is 4.16. The molecular weight excluding hydrogens is 370 g/mol. The van der Waals surface area contributed by atoms with Crippen molar-refractivity contribution in [2.75, 3.05) is 50.8 Å². The molecular formula is C18H21N3O5S. The second-order valence-electron chi connectivity index (χ2n) is 6.63. The Labute approximate surface area is 161 Å². The summed E-state index contributed by atoms with van der Waals surface area (Å²) in [5.41, 5.74) is 0. The van der Waals surface area contributed by atoms with Crippen LogP contribution in [-0.4, -0.2) is 72.8 Å². The molecule has 3 aliphatic rings. The second kappa shape index (κ2) is 7.77. The number of amides is 3. The van der Waals surface area contributed by atoms with Crippen molar-refractivity contribution < 1.29 is 23.5 Å². The van der Waals surface area contributed by atoms with Gasteiger partial charge in [0.15, 0.2) is 5.88 Å². The van der Waals surface area contributed by atoms with E-state index in [0.29, 0.717) is 37.9 Å². The largest absolute Gasteiger partial charge is 0.441 e. The summed E-state index contributed by atoms with van der Waals surface area (Å²) in [5.74, 6) is 0.603. The number of imide groups is 1. The Hall–Kier alpha value is -2.26. The van der Waals surface area contributed by atoms with Crippen molar-refractivity contribution in [3.05, 3.63) is 22.8 Å². The molecule has 8 nitrogen and oxygen atoms in total. The molecule has 0 radical (unpaired) electrons. The number of ether oxygens (including phenoxy) is 1. The van der Waals surface area contributed by atoms with E-state index in [0.717, 1.165) is 42.6 Å². The van der Waals surface area contributed by atoms with Crippen molar-refractivity contribution >= 4 is 40.8 Å². The third-order valence-corrected chi connectivity index (χ3v) is 5.74. The number of morpholine rings is 1. The third-order valence-electron chi connectivity index (χ3n) is 4.83. The average molecular weight is 391 g/mol. The lowest BCUT2D eigenvalue weighted by molar-refractivity contribution is -0.135. The first-order chi connectivity index (χ1) is 13.1. The van der Waals surface area contributed by atoms with E-state index < -0.39 is 11.1 Å². The number of carbonyl (C=O) groups excluding carboxylic acids is 3. The van der Waals surface area contributed by atoms with Gasteiger partial charge in [-0.2, -0.15) is 0 Å². The zero-order chi connectivity index (χ0) is 18.8. The van der Waals surface area contributed by atoms with Crippen LogP contribution in [0.25, 0.3) is 6.08 Å². The maximum Gasteiger partial charge on any atom is 0.294 e. The van der Waals surface area contributed by atoms with E-state index >= 15 is 0 Å². The van der Waals surface area contributed by atoms with Gasteiger partial charge in [-0.25, -0.2) is 0 Å². The Morgan fingerprint density at radius 1 is 1.11 bits per heavy atom. The van der Waals surface area contributed by atoms with Gasteiger partial charge in [0.05, 0.1) is 18.1 Å². The van der Waals surface area contributed by atoms with Gasteiger partial charge in [-0.15, -0.1) is 0 Å². The van der Waals surface area contributed by atoms with Crippen LogP contribution in [0.15, 0.2) is 21.5 Å². The van der Waals surface area contributed by atoms with Gasteiger partial charge in [0, 0.05) is 38.3 Å². The summed E-state index contributed by atoms with van der Waals surface area (Å²) in [6, 6.07) is 3.62. The van der Waals surface area contributed by atoms with Crippen LogP contribution < -0.4 is 4.90 Å². The lowest BCUT2D eigenvalue weighted by Crippen LogP contribution is -2.40. The fourth-order valence-electron chi connectivity index (χ4n) is 3.34. The number of rotatable bonds is 4. The van der Waals surface area contributed by atoms with Gasteiger partial charge in [-0.05, 0) is 30.7 Å².